The van der Waals surface area contributed by atoms with Crippen molar-refractivity contribution in [1.29, 1.82) is 0 Å². The van der Waals surface area contributed by atoms with Crippen LogP contribution in [0.15, 0.2) is 0 Å². The maximum absolute atomic E-state index is 12.0. The van der Waals surface area contributed by atoms with Gasteiger partial charge in [-0.1, -0.05) is 26.7 Å². The number of carbonyl (C=O) groups excluding carboxylic acids is 1. The molecule has 1 N–H and O–H groups in total. The molecule has 3 unspecified atom stereocenters. The Balaban J connectivity index is 2.08. The average molecular weight is 224 g/mol. The molecule has 0 aromatic heterocycles. The third kappa shape index (κ3) is 2.10. The minimum absolute atomic E-state index is 0.0229. The molecule has 0 spiro atoms. The summed E-state index contributed by atoms with van der Waals surface area (Å²) in [6.07, 6.45) is 5.11. The second kappa shape index (κ2) is 4.74. The van der Waals surface area contributed by atoms with Crippen molar-refractivity contribution in [3.8, 4) is 0 Å². The maximum Gasteiger partial charge on any atom is 0.240 e. The van der Waals surface area contributed by atoms with E-state index >= 15 is 0 Å². The Morgan fingerprint density at radius 3 is 2.56 bits per heavy atom. The molecular formula is C13H24N2O. The van der Waals surface area contributed by atoms with Crippen molar-refractivity contribution in [1.82, 2.24) is 10.2 Å². The summed E-state index contributed by atoms with van der Waals surface area (Å²) in [5.74, 6) is 1.69. The zero-order chi connectivity index (χ0) is 11.7. The number of hydrogen-bond donors (Lipinski definition) is 1. The fourth-order valence-electron chi connectivity index (χ4n) is 3.23. The fraction of sp³-hybridized carbons (Fsp3) is 0.923. The Morgan fingerprint density at radius 2 is 2.00 bits per heavy atom. The second-order valence-corrected chi connectivity index (χ2v) is 5.65. The van der Waals surface area contributed by atoms with Crippen LogP contribution in [-0.4, -0.2) is 29.6 Å². The summed E-state index contributed by atoms with van der Waals surface area (Å²) in [6.45, 7) is 7.31. The molecule has 0 aromatic carbocycles. The molecule has 1 saturated heterocycles. The summed E-state index contributed by atoms with van der Waals surface area (Å²) in [5, 5.41) is 3.25. The largest absolute Gasteiger partial charge is 0.325 e. The van der Waals surface area contributed by atoms with E-state index in [1.807, 2.05) is 6.92 Å². The lowest BCUT2D eigenvalue weighted by Crippen LogP contribution is -2.46. The van der Waals surface area contributed by atoms with E-state index in [-0.39, 0.29) is 6.04 Å². The van der Waals surface area contributed by atoms with Gasteiger partial charge in [-0.05, 0) is 31.6 Å². The zero-order valence-corrected chi connectivity index (χ0v) is 10.7. The highest BCUT2D eigenvalue weighted by atomic mass is 16.2. The number of hydrogen-bond acceptors (Lipinski definition) is 2. The van der Waals surface area contributed by atoms with Gasteiger partial charge in [0.25, 0.3) is 0 Å². The van der Waals surface area contributed by atoms with Gasteiger partial charge in [-0.25, -0.2) is 0 Å². The normalized spacial score (nSPS) is 36.1. The standard InChI is InChI=1S/C13H24N2O/c1-9(2)11-6-4-5-7-12(11)15-8-14-10(3)13(15)16/h9-12,14H,4-8H2,1-3H3. The van der Waals surface area contributed by atoms with Gasteiger partial charge in [0.1, 0.15) is 0 Å². The van der Waals surface area contributed by atoms with E-state index in [4.69, 9.17) is 0 Å². The Hall–Kier alpha value is -0.570. The molecule has 1 amide bonds. The van der Waals surface area contributed by atoms with Gasteiger partial charge in [0.05, 0.1) is 12.7 Å². The van der Waals surface area contributed by atoms with Gasteiger partial charge in [-0.3, -0.25) is 10.1 Å². The Kier molecular flexibility index (Phi) is 3.53. The van der Waals surface area contributed by atoms with Gasteiger partial charge < -0.3 is 4.90 Å². The van der Waals surface area contributed by atoms with Crippen LogP contribution in [0.2, 0.25) is 0 Å². The van der Waals surface area contributed by atoms with Gasteiger partial charge in [-0.2, -0.15) is 0 Å². The molecule has 0 aromatic rings. The summed E-state index contributed by atoms with van der Waals surface area (Å²) < 4.78 is 0. The molecule has 2 rings (SSSR count). The third-order valence-electron chi connectivity index (χ3n) is 4.26. The highest BCUT2D eigenvalue weighted by molar-refractivity contribution is 5.83. The molecule has 16 heavy (non-hydrogen) atoms. The topological polar surface area (TPSA) is 32.3 Å². The van der Waals surface area contributed by atoms with Crippen LogP contribution in [-0.2, 0) is 4.79 Å². The SMILES string of the molecule is CC1NCN(C2CCCCC2C(C)C)C1=O. The van der Waals surface area contributed by atoms with Crippen molar-refractivity contribution in [3.63, 3.8) is 0 Å². The van der Waals surface area contributed by atoms with E-state index in [1.54, 1.807) is 0 Å². The first kappa shape index (κ1) is 11.9. The number of carbonyl (C=O) groups is 1. The highest BCUT2D eigenvalue weighted by Crippen LogP contribution is 2.34. The van der Waals surface area contributed by atoms with Crippen molar-refractivity contribution in [2.45, 2.75) is 58.5 Å². The minimum atomic E-state index is 0.0229. The average Bonchev–Trinajstić information content (AvgIpc) is 2.60. The van der Waals surface area contributed by atoms with Gasteiger partial charge in [-0.15, -0.1) is 0 Å². The summed E-state index contributed by atoms with van der Waals surface area (Å²) in [5.41, 5.74) is 0. The predicted molar refractivity (Wildman–Crippen MR) is 64.9 cm³/mol. The van der Waals surface area contributed by atoms with Crippen molar-refractivity contribution < 1.29 is 4.79 Å². The van der Waals surface area contributed by atoms with Gasteiger partial charge in [0.2, 0.25) is 5.91 Å². The molecule has 1 aliphatic carbocycles. The molecule has 3 nitrogen and oxygen atoms in total. The van der Waals surface area contributed by atoms with Gasteiger partial charge >= 0.3 is 0 Å². The lowest BCUT2D eigenvalue weighted by molar-refractivity contribution is -0.132. The number of rotatable bonds is 2. The van der Waals surface area contributed by atoms with Crippen LogP contribution in [0.25, 0.3) is 0 Å². The number of nitrogens with zero attached hydrogens (tertiary/aromatic N) is 1. The smallest absolute Gasteiger partial charge is 0.240 e. The molecule has 3 heteroatoms. The van der Waals surface area contributed by atoms with E-state index in [0.717, 1.165) is 6.67 Å². The van der Waals surface area contributed by atoms with Crippen LogP contribution in [0.5, 0.6) is 0 Å². The molecule has 1 heterocycles. The van der Waals surface area contributed by atoms with E-state index < -0.39 is 0 Å². The number of nitrogens with one attached hydrogen (secondary N) is 1. The van der Waals surface area contributed by atoms with Crippen molar-refractivity contribution in [2.75, 3.05) is 6.67 Å². The number of amides is 1. The van der Waals surface area contributed by atoms with Crippen LogP contribution in [0.3, 0.4) is 0 Å². The van der Waals surface area contributed by atoms with E-state index in [0.29, 0.717) is 23.8 Å². The molecule has 0 radical (unpaired) electrons. The van der Waals surface area contributed by atoms with Crippen LogP contribution in [0.1, 0.15) is 46.5 Å². The first-order chi connectivity index (χ1) is 7.61. The van der Waals surface area contributed by atoms with E-state index in [9.17, 15) is 4.79 Å². The summed E-state index contributed by atoms with van der Waals surface area (Å²) in [4.78, 5) is 14.1. The molecule has 2 aliphatic rings. The van der Waals surface area contributed by atoms with Crippen LogP contribution in [0, 0.1) is 11.8 Å². The van der Waals surface area contributed by atoms with Crippen LogP contribution in [0.4, 0.5) is 0 Å². The second-order valence-electron chi connectivity index (χ2n) is 5.65. The summed E-state index contributed by atoms with van der Waals surface area (Å²) in [6, 6.07) is 0.508. The van der Waals surface area contributed by atoms with Crippen LogP contribution >= 0.6 is 0 Å². The summed E-state index contributed by atoms with van der Waals surface area (Å²) in [7, 11) is 0. The maximum atomic E-state index is 12.0. The van der Waals surface area contributed by atoms with E-state index in [2.05, 4.69) is 24.1 Å². The summed E-state index contributed by atoms with van der Waals surface area (Å²) >= 11 is 0. The molecule has 1 saturated carbocycles. The molecule has 2 fully saturated rings. The van der Waals surface area contributed by atoms with Crippen LogP contribution < -0.4 is 5.32 Å². The first-order valence-corrected chi connectivity index (χ1v) is 6.65. The molecular weight excluding hydrogens is 200 g/mol. The monoisotopic (exact) mass is 224 g/mol. The lowest BCUT2D eigenvalue weighted by Gasteiger charge is -2.39. The predicted octanol–water partition coefficient (Wildman–Crippen LogP) is 1.98. The third-order valence-corrected chi connectivity index (χ3v) is 4.26. The van der Waals surface area contributed by atoms with E-state index in [1.165, 1.54) is 25.7 Å². The lowest BCUT2D eigenvalue weighted by atomic mass is 9.77. The quantitative estimate of drug-likeness (QED) is 0.778. The molecule has 0 bridgehead atoms. The van der Waals surface area contributed by atoms with Crippen molar-refractivity contribution in [2.24, 2.45) is 11.8 Å². The Labute approximate surface area is 98.6 Å². The molecule has 92 valence electrons. The minimum Gasteiger partial charge on any atom is -0.325 e. The van der Waals surface area contributed by atoms with Crippen molar-refractivity contribution >= 4 is 5.91 Å². The van der Waals surface area contributed by atoms with Gasteiger partial charge in [0.15, 0.2) is 0 Å². The van der Waals surface area contributed by atoms with Gasteiger partial charge in [0, 0.05) is 6.04 Å². The first-order valence-electron chi connectivity index (χ1n) is 6.65. The molecule has 1 aliphatic heterocycles. The molecule has 3 atom stereocenters. The fourth-order valence-corrected chi connectivity index (χ4v) is 3.23. The Bertz CT molecular complexity index is 265. The Morgan fingerprint density at radius 1 is 1.31 bits per heavy atom. The highest BCUT2D eigenvalue weighted by Gasteiger charge is 2.38. The zero-order valence-electron chi connectivity index (χ0n) is 10.7. The van der Waals surface area contributed by atoms with Crippen molar-refractivity contribution in [3.05, 3.63) is 0 Å².